The van der Waals surface area contributed by atoms with E-state index >= 15 is 0 Å². The molecule has 3 nitrogen and oxygen atoms in total. The van der Waals surface area contributed by atoms with Crippen LogP contribution in [0.2, 0.25) is 5.02 Å². The van der Waals surface area contributed by atoms with Crippen LogP contribution in [0.1, 0.15) is 12.3 Å². The van der Waals surface area contributed by atoms with E-state index in [1.165, 1.54) is 0 Å². The Hall–Kier alpha value is -0.580. The highest BCUT2D eigenvalue weighted by molar-refractivity contribution is 9.10. The molecule has 0 fully saturated rings. The van der Waals surface area contributed by atoms with Gasteiger partial charge in [-0.2, -0.15) is 0 Å². The Morgan fingerprint density at radius 1 is 1.24 bits per heavy atom. The van der Waals surface area contributed by atoms with E-state index in [-0.39, 0.29) is 0 Å². The second-order valence-corrected chi connectivity index (χ2v) is 5.18. The number of hydrogen-bond donors (Lipinski definition) is 0. The summed E-state index contributed by atoms with van der Waals surface area (Å²) in [6.07, 6.45) is 1.51. The van der Waals surface area contributed by atoms with E-state index in [1.807, 2.05) is 6.07 Å². The molecule has 90 valence electrons. The van der Waals surface area contributed by atoms with Gasteiger partial charge in [-0.05, 0) is 24.6 Å². The Kier molecular flexibility index (Phi) is 4.42. The van der Waals surface area contributed by atoms with Crippen molar-refractivity contribution >= 4 is 39.1 Å². The van der Waals surface area contributed by atoms with Crippen LogP contribution in [0.25, 0.3) is 11.5 Å². The van der Waals surface area contributed by atoms with Crippen LogP contribution in [0.3, 0.4) is 0 Å². The lowest BCUT2D eigenvalue weighted by Crippen LogP contribution is -1.85. The van der Waals surface area contributed by atoms with Crippen molar-refractivity contribution in [2.24, 2.45) is 0 Å². The summed E-state index contributed by atoms with van der Waals surface area (Å²) in [5, 5.41) is 8.56. The first kappa shape index (κ1) is 12.9. The number of alkyl halides is 1. The Balaban J connectivity index is 2.24. The number of aryl methyl sites for hydroxylation is 1. The zero-order valence-electron chi connectivity index (χ0n) is 8.79. The molecule has 0 unspecified atom stereocenters. The van der Waals surface area contributed by atoms with Gasteiger partial charge < -0.3 is 4.42 Å². The maximum Gasteiger partial charge on any atom is 0.247 e. The molecular formula is C11H9BrCl2N2O. The van der Waals surface area contributed by atoms with Gasteiger partial charge >= 0.3 is 0 Å². The second kappa shape index (κ2) is 5.85. The fourth-order valence-electron chi connectivity index (χ4n) is 1.37. The summed E-state index contributed by atoms with van der Waals surface area (Å²) in [6.45, 7) is 0. The van der Waals surface area contributed by atoms with Crippen molar-refractivity contribution in [1.82, 2.24) is 10.2 Å². The highest BCUT2D eigenvalue weighted by Gasteiger charge is 2.09. The number of halogens is 3. The van der Waals surface area contributed by atoms with Gasteiger partial charge in [0.2, 0.25) is 11.8 Å². The van der Waals surface area contributed by atoms with Crippen LogP contribution in [0.5, 0.6) is 0 Å². The van der Waals surface area contributed by atoms with E-state index in [9.17, 15) is 0 Å². The van der Waals surface area contributed by atoms with Crippen molar-refractivity contribution in [3.8, 4) is 11.5 Å². The zero-order valence-corrected chi connectivity index (χ0v) is 11.9. The number of nitrogens with zero attached hydrogens (tertiary/aromatic N) is 2. The van der Waals surface area contributed by atoms with Crippen molar-refractivity contribution in [3.63, 3.8) is 0 Å². The van der Waals surface area contributed by atoms with Gasteiger partial charge in [-0.15, -0.1) is 21.8 Å². The van der Waals surface area contributed by atoms with E-state index in [1.54, 1.807) is 12.1 Å². The molecule has 2 rings (SSSR count). The van der Waals surface area contributed by atoms with E-state index in [0.717, 1.165) is 16.5 Å². The maximum atomic E-state index is 5.95. The molecule has 0 saturated heterocycles. The van der Waals surface area contributed by atoms with Crippen molar-refractivity contribution < 1.29 is 4.42 Å². The molecule has 17 heavy (non-hydrogen) atoms. The zero-order chi connectivity index (χ0) is 12.3. The smallest absolute Gasteiger partial charge is 0.247 e. The molecule has 0 saturated carbocycles. The third kappa shape index (κ3) is 3.44. The van der Waals surface area contributed by atoms with Crippen molar-refractivity contribution in [2.75, 3.05) is 5.88 Å². The number of hydrogen-bond acceptors (Lipinski definition) is 3. The van der Waals surface area contributed by atoms with Crippen molar-refractivity contribution in [2.45, 2.75) is 12.8 Å². The van der Waals surface area contributed by atoms with Gasteiger partial charge in [-0.3, -0.25) is 0 Å². The molecule has 0 N–H and O–H groups in total. The summed E-state index contributed by atoms with van der Waals surface area (Å²) < 4.78 is 6.40. The quantitative estimate of drug-likeness (QED) is 0.781. The number of rotatable bonds is 4. The van der Waals surface area contributed by atoms with Gasteiger partial charge in [0.15, 0.2) is 0 Å². The summed E-state index contributed by atoms with van der Waals surface area (Å²) in [5.74, 6) is 1.65. The van der Waals surface area contributed by atoms with Crippen LogP contribution < -0.4 is 0 Å². The first-order valence-electron chi connectivity index (χ1n) is 5.04. The van der Waals surface area contributed by atoms with Crippen LogP contribution in [0, 0.1) is 0 Å². The Labute approximate surface area is 117 Å². The third-order valence-corrected chi connectivity index (χ3v) is 3.04. The van der Waals surface area contributed by atoms with Gasteiger partial charge in [-0.1, -0.05) is 27.5 Å². The lowest BCUT2D eigenvalue weighted by atomic mass is 10.2. The summed E-state index contributed by atoms with van der Waals surface area (Å²) >= 11 is 14.9. The topological polar surface area (TPSA) is 38.9 Å². The largest absolute Gasteiger partial charge is 0.421 e. The molecule has 0 atom stereocenters. The lowest BCUT2D eigenvalue weighted by molar-refractivity contribution is 0.502. The predicted octanol–water partition coefficient (Wildman–Crippen LogP) is 4.32. The van der Waals surface area contributed by atoms with Gasteiger partial charge in [0.1, 0.15) is 0 Å². The molecule has 0 aliphatic carbocycles. The Morgan fingerprint density at radius 3 is 2.76 bits per heavy atom. The van der Waals surface area contributed by atoms with E-state index in [0.29, 0.717) is 29.1 Å². The highest BCUT2D eigenvalue weighted by Crippen LogP contribution is 2.26. The minimum Gasteiger partial charge on any atom is -0.421 e. The first-order chi connectivity index (χ1) is 8.19. The Morgan fingerprint density at radius 2 is 2.06 bits per heavy atom. The molecule has 0 aliphatic heterocycles. The SMILES string of the molecule is ClCCCc1nnc(-c2cc(Cl)cc(Br)c2)o1. The highest BCUT2D eigenvalue weighted by atomic mass is 79.9. The third-order valence-electron chi connectivity index (χ3n) is 2.10. The summed E-state index contributed by atoms with van der Waals surface area (Å²) in [4.78, 5) is 0. The van der Waals surface area contributed by atoms with Gasteiger partial charge in [0.25, 0.3) is 0 Å². The molecule has 1 aromatic carbocycles. The molecular weight excluding hydrogens is 327 g/mol. The molecule has 1 heterocycles. The van der Waals surface area contributed by atoms with Gasteiger partial charge in [0, 0.05) is 27.4 Å². The van der Waals surface area contributed by atoms with Crippen LogP contribution in [0.15, 0.2) is 27.1 Å². The monoisotopic (exact) mass is 334 g/mol. The van der Waals surface area contributed by atoms with E-state index in [2.05, 4.69) is 26.1 Å². The second-order valence-electron chi connectivity index (χ2n) is 3.45. The molecule has 0 spiro atoms. The average molecular weight is 336 g/mol. The minimum absolute atomic E-state index is 0.470. The summed E-state index contributed by atoms with van der Waals surface area (Å²) in [5.41, 5.74) is 0.800. The van der Waals surface area contributed by atoms with Crippen LogP contribution in [-0.2, 0) is 6.42 Å². The van der Waals surface area contributed by atoms with Crippen molar-refractivity contribution in [1.29, 1.82) is 0 Å². The van der Waals surface area contributed by atoms with E-state index < -0.39 is 0 Å². The van der Waals surface area contributed by atoms with Crippen LogP contribution >= 0.6 is 39.1 Å². The molecule has 0 amide bonds. The Bertz CT molecular complexity index is 496. The van der Waals surface area contributed by atoms with Gasteiger partial charge in [-0.25, -0.2) is 0 Å². The van der Waals surface area contributed by atoms with Crippen LogP contribution in [0.4, 0.5) is 0 Å². The van der Waals surface area contributed by atoms with Crippen LogP contribution in [-0.4, -0.2) is 16.1 Å². The first-order valence-corrected chi connectivity index (χ1v) is 6.74. The fourth-order valence-corrected chi connectivity index (χ4v) is 2.36. The number of benzene rings is 1. The van der Waals surface area contributed by atoms with Crippen molar-refractivity contribution in [3.05, 3.63) is 33.6 Å². The molecule has 2 aromatic rings. The minimum atomic E-state index is 0.470. The standard InChI is InChI=1S/C11H9BrCl2N2O/c12-8-4-7(5-9(14)6-8)11-16-15-10(17-11)2-1-3-13/h4-6H,1-3H2. The summed E-state index contributed by atoms with van der Waals surface area (Å²) in [6, 6.07) is 5.46. The molecule has 1 aromatic heterocycles. The average Bonchev–Trinajstić information content (AvgIpc) is 2.73. The summed E-state index contributed by atoms with van der Waals surface area (Å²) in [7, 11) is 0. The van der Waals surface area contributed by atoms with E-state index in [4.69, 9.17) is 27.6 Å². The normalized spacial score (nSPS) is 10.8. The fraction of sp³-hybridized carbons (Fsp3) is 0.273. The predicted molar refractivity (Wildman–Crippen MR) is 71.5 cm³/mol. The molecule has 0 bridgehead atoms. The lowest BCUT2D eigenvalue weighted by Gasteiger charge is -1.97. The number of aromatic nitrogens is 2. The van der Waals surface area contributed by atoms with Gasteiger partial charge in [0.05, 0.1) is 0 Å². The molecule has 6 heteroatoms. The maximum absolute atomic E-state index is 5.95. The molecule has 0 radical (unpaired) electrons. The molecule has 0 aliphatic rings.